The van der Waals surface area contributed by atoms with Crippen molar-refractivity contribution in [2.24, 2.45) is 5.92 Å². The van der Waals surface area contributed by atoms with E-state index in [4.69, 9.17) is 4.74 Å². The minimum absolute atomic E-state index is 0.160. The molecular formula is C17H27N3O2. The van der Waals surface area contributed by atoms with Crippen molar-refractivity contribution in [3.63, 3.8) is 0 Å². The van der Waals surface area contributed by atoms with Crippen LogP contribution in [0, 0.1) is 5.92 Å². The van der Waals surface area contributed by atoms with Crippen LogP contribution in [-0.2, 0) is 4.79 Å². The molecule has 0 radical (unpaired) electrons. The van der Waals surface area contributed by atoms with Gasteiger partial charge in [-0.15, -0.1) is 0 Å². The number of anilines is 1. The van der Waals surface area contributed by atoms with Crippen LogP contribution in [0.3, 0.4) is 0 Å². The van der Waals surface area contributed by atoms with E-state index in [0.717, 1.165) is 44.0 Å². The van der Waals surface area contributed by atoms with Crippen LogP contribution in [-0.4, -0.2) is 62.6 Å². The number of methoxy groups -OCH3 is 1. The second-order valence-electron chi connectivity index (χ2n) is 5.90. The summed E-state index contributed by atoms with van der Waals surface area (Å²) < 4.78 is 5.28. The molecule has 0 saturated carbocycles. The fraction of sp³-hybridized carbons (Fsp3) is 0.588. The third-order valence-electron chi connectivity index (χ3n) is 4.29. The summed E-state index contributed by atoms with van der Waals surface area (Å²) in [5, 5.41) is 3.18. The monoisotopic (exact) mass is 305 g/mol. The molecule has 0 aromatic heterocycles. The zero-order valence-corrected chi connectivity index (χ0v) is 13.8. The highest BCUT2D eigenvalue weighted by Crippen LogP contribution is 2.23. The Kier molecular flexibility index (Phi) is 6.07. The van der Waals surface area contributed by atoms with Crippen molar-refractivity contribution in [3.05, 3.63) is 24.3 Å². The summed E-state index contributed by atoms with van der Waals surface area (Å²) in [5.74, 6) is 1.52. The van der Waals surface area contributed by atoms with Crippen LogP contribution >= 0.6 is 0 Å². The molecule has 1 N–H and O–H groups in total. The normalized spacial score (nSPS) is 17.8. The second kappa shape index (κ2) is 8.03. The van der Waals surface area contributed by atoms with Crippen LogP contribution in [0.2, 0.25) is 0 Å². The average Bonchev–Trinajstić information content (AvgIpc) is 3.01. The predicted molar refractivity (Wildman–Crippen MR) is 89.3 cm³/mol. The van der Waals surface area contributed by atoms with Crippen LogP contribution in [0.5, 0.6) is 5.75 Å². The molecule has 2 rings (SSSR count). The first kappa shape index (κ1) is 16.6. The highest BCUT2D eigenvalue weighted by atomic mass is 16.5. The van der Waals surface area contributed by atoms with E-state index >= 15 is 0 Å². The SMILES string of the molecule is CCN(C)C[C@@H]1CCN(C(=O)CNc2ccccc2OC)C1. The zero-order chi connectivity index (χ0) is 15.9. The van der Waals surface area contributed by atoms with Crippen molar-refractivity contribution < 1.29 is 9.53 Å². The number of nitrogens with one attached hydrogen (secondary N) is 1. The van der Waals surface area contributed by atoms with Crippen molar-refractivity contribution in [2.75, 3.05) is 52.2 Å². The Morgan fingerprint density at radius 2 is 2.23 bits per heavy atom. The molecular weight excluding hydrogens is 278 g/mol. The van der Waals surface area contributed by atoms with Gasteiger partial charge in [0.2, 0.25) is 5.91 Å². The molecule has 122 valence electrons. The van der Waals surface area contributed by atoms with Crippen LogP contribution in [0.25, 0.3) is 0 Å². The van der Waals surface area contributed by atoms with Gasteiger partial charge in [-0.1, -0.05) is 19.1 Å². The summed E-state index contributed by atoms with van der Waals surface area (Å²) in [4.78, 5) is 16.6. The van der Waals surface area contributed by atoms with Crippen LogP contribution in [0.15, 0.2) is 24.3 Å². The van der Waals surface area contributed by atoms with E-state index in [0.29, 0.717) is 12.5 Å². The van der Waals surface area contributed by atoms with Gasteiger partial charge in [-0.05, 0) is 38.1 Å². The van der Waals surface area contributed by atoms with Gasteiger partial charge in [-0.2, -0.15) is 0 Å². The van der Waals surface area contributed by atoms with Crippen molar-refractivity contribution >= 4 is 11.6 Å². The van der Waals surface area contributed by atoms with Gasteiger partial charge in [0.15, 0.2) is 0 Å². The number of benzene rings is 1. The van der Waals surface area contributed by atoms with Gasteiger partial charge in [-0.3, -0.25) is 4.79 Å². The molecule has 1 aliphatic rings. The Bertz CT molecular complexity index is 493. The molecule has 1 saturated heterocycles. The Morgan fingerprint density at radius 1 is 1.45 bits per heavy atom. The number of likely N-dealkylation sites (tertiary alicyclic amines) is 1. The summed E-state index contributed by atoms with van der Waals surface area (Å²) in [5.41, 5.74) is 0.861. The standard InChI is InChI=1S/C17H27N3O2/c1-4-19(2)12-14-9-10-20(13-14)17(21)11-18-15-7-5-6-8-16(15)22-3/h5-8,14,18H,4,9-13H2,1-3H3/t14-/m0/s1. The van der Waals surface area contributed by atoms with E-state index in [9.17, 15) is 4.79 Å². The van der Waals surface area contributed by atoms with Gasteiger partial charge in [-0.25, -0.2) is 0 Å². The molecule has 1 heterocycles. The smallest absolute Gasteiger partial charge is 0.241 e. The third-order valence-corrected chi connectivity index (χ3v) is 4.29. The number of para-hydroxylation sites is 2. The minimum Gasteiger partial charge on any atom is -0.495 e. The number of amides is 1. The predicted octanol–water partition coefficient (Wildman–Crippen LogP) is 1.91. The summed E-state index contributed by atoms with van der Waals surface area (Å²) >= 11 is 0. The molecule has 1 aromatic carbocycles. The summed E-state index contributed by atoms with van der Waals surface area (Å²) in [7, 11) is 3.77. The molecule has 0 spiro atoms. The number of ether oxygens (including phenoxy) is 1. The van der Waals surface area contributed by atoms with Gasteiger partial charge in [0, 0.05) is 19.6 Å². The van der Waals surface area contributed by atoms with E-state index in [1.54, 1.807) is 7.11 Å². The molecule has 1 atom stereocenters. The van der Waals surface area contributed by atoms with Gasteiger partial charge in [0.25, 0.3) is 0 Å². The summed E-state index contributed by atoms with van der Waals surface area (Å²) in [6.07, 6.45) is 1.10. The van der Waals surface area contributed by atoms with Gasteiger partial charge in [0.1, 0.15) is 5.75 Å². The fourth-order valence-electron chi connectivity index (χ4n) is 2.85. The number of rotatable bonds is 7. The van der Waals surface area contributed by atoms with Crippen molar-refractivity contribution in [1.82, 2.24) is 9.80 Å². The highest BCUT2D eigenvalue weighted by Gasteiger charge is 2.26. The van der Waals surface area contributed by atoms with Crippen LogP contribution in [0.4, 0.5) is 5.69 Å². The Morgan fingerprint density at radius 3 is 2.95 bits per heavy atom. The van der Waals surface area contributed by atoms with Crippen molar-refractivity contribution in [2.45, 2.75) is 13.3 Å². The summed E-state index contributed by atoms with van der Waals surface area (Å²) in [6, 6.07) is 7.66. The average molecular weight is 305 g/mol. The third kappa shape index (κ3) is 4.37. The van der Waals surface area contributed by atoms with E-state index in [1.165, 1.54) is 0 Å². The number of hydrogen-bond acceptors (Lipinski definition) is 4. The number of hydrogen-bond donors (Lipinski definition) is 1. The fourth-order valence-corrected chi connectivity index (χ4v) is 2.85. The Labute approximate surface area is 133 Å². The molecule has 1 fully saturated rings. The van der Waals surface area contributed by atoms with E-state index in [2.05, 4.69) is 24.2 Å². The molecule has 0 aliphatic carbocycles. The molecule has 0 unspecified atom stereocenters. The molecule has 1 aliphatic heterocycles. The molecule has 22 heavy (non-hydrogen) atoms. The van der Waals surface area contributed by atoms with Gasteiger partial charge < -0.3 is 19.9 Å². The second-order valence-corrected chi connectivity index (χ2v) is 5.90. The van der Waals surface area contributed by atoms with Crippen molar-refractivity contribution in [3.8, 4) is 5.75 Å². The highest BCUT2D eigenvalue weighted by molar-refractivity contribution is 5.81. The van der Waals surface area contributed by atoms with Gasteiger partial charge >= 0.3 is 0 Å². The summed E-state index contributed by atoms with van der Waals surface area (Å²) in [6.45, 7) is 6.34. The van der Waals surface area contributed by atoms with Gasteiger partial charge in [0.05, 0.1) is 19.3 Å². The maximum Gasteiger partial charge on any atom is 0.241 e. The first-order valence-electron chi connectivity index (χ1n) is 7.97. The van der Waals surface area contributed by atoms with E-state index in [1.807, 2.05) is 29.2 Å². The number of carbonyl (C=O) groups excluding carboxylic acids is 1. The van der Waals surface area contributed by atoms with E-state index in [-0.39, 0.29) is 5.91 Å². The van der Waals surface area contributed by atoms with Crippen molar-refractivity contribution in [1.29, 1.82) is 0 Å². The molecule has 0 bridgehead atoms. The topological polar surface area (TPSA) is 44.8 Å². The Hall–Kier alpha value is -1.75. The lowest BCUT2D eigenvalue weighted by atomic mass is 10.1. The number of carbonyl (C=O) groups is 1. The van der Waals surface area contributed by atoms with Crippen LogP contribution in [0.1, 0.15) is 13.3 Å². The van der Waals surface area contributed by atoms with Crippen LogP contribution < -0.4 is 10.1 Å². The molecule has 1 amide bonds. The first-order chi connectivity index (χ1) is 10.6. The maximum atomic E-state index is 12.3. The van der Waals surface area contributed by atoms with E-state index < -0.39 is 0 Å². The molecule has 5 heteroatoms. The Balaban J connectivity index is 1.81. The lowest BCUT2D eigenvalue weighted by Crippen LogP contribution is -2.35. The lowest BCUT2D eigenvalue weighted by molar-refractivity contribution is -0.128. The zero-order valence-electron chi connectivity index (χ0n) is 13.8. The quantitative estimate of drug-likeness (QED) is 0.836. The lowest BCUT2D eigenvalue weighted by Gasteiger charge is -2.20. The molecule has 5 nitrogen and oxygen atoms in total. The molecule has 1 aromatic rings. The number of nitrogens with zero attached hydrogens (tertiary/aromatic N) is 2. The minimum atomic E-state index is 0.160. The maximum absolute atomic E-state index is 12.3. The first-order valence-corrected chi connectivity index (χ1v) is 7.97. The largest absolute Gasteiger partial charge is 0.495 e.